The molecule has 5 heteroatoms. The number of carbonyl (C=O) groups excluding carboxylic acids is 1. The number of hydrogen-bond donors (Lipinski definition) is 1. The summed E-state index contributed by atoms with van der Waals surface area (Å²) in [6.07, 6.45) is 1.31. The summed E-state index contributed by atoms with van der Waals surface area (Å²) >= 11 is 0. The maximum absolute atomic E-state index is 12.6. The van der Waals surface area contributed by atoms with Crippen molar-refractivity contribution in [2.75, 3.05) is 13.2 Å². The zero-order valence-electron chi connectivity index (χ0n) is 14.8. The third kappa shape index (κ3) is 4.04. The Labute approximate surface area is 153 Å². The molecule has 3 rings (SSSR count). The lowest BCUT2D eigenvalue weighted by Gasteiger charge is -2.36. The second-order valence-corrected chi connectivity index (χ2v) is 6.66. The van der Waals surface area contributed by atoms with E-state index in [1.54, 1.807) is 4.90 Å². The fraction of sp³-hybridized carbons (Fsp3) is 0.333. The van der Waals surface area contributed by atoms with E-state index in [9.17, 15) is 14.7 Å². The predicted molar refractivity (Wildman–Crippen MR) is 98.9 cm³/mol. The number of hydrogen-bond acceptors (Lipinski definition) is 3. The van der Waals surface area contributed by atoms with E-state index in [2.05, 4.69) is 0 Å². The lowest BCUT2D eigenvalue weighted by molar-refractivity contribution is -0.147. The van der Waals surface area contributed by atoms with E-state index in [0.29, 0.717) is 18.6 Å². The molecule has 26 heavy (non-hydrogen) atoms. The Kier molecular flexibility index (Phi) is 5.56. The largest absolute Gasteiger partial charge is 0.483 e. The number of aliphatic carboxylic acids is 1. The van der Waals surface area contributed by atoms with Gasteiger partial charge >= 0.3 is 5.97 Å². The molecule has 1 aliphatic heterocycles. The van der Waals surface area contributed by atoms with Crippen molar-refractivity contribution in [2.24, 2.45) is 5.92 Å². The van der Waals surface area contributed by atoms with Crippen molar-refractivity contribution in [3.8, 4) is 16.9 Å². The zero-order valence-corrected chi connectivity index (χ0v) is 14.8. The van der Waals surface area contributed by atoms with Crippen LogP contribution in [0.2, 0.25) is 0 Å². The first-order valence-electron chi connectivity index (χ1n) is 8.86. The minimum Gasteiger partial charge on any atom is -0.483 e. The van der Waals surface area contributed by atoms with Crippen LogP contribution in [0.3, 0.4) is 0 Å². The highest BCUT2D eigenvalue weighted by atomic mass is 16.5. The number of nitrogens with zero attached hydrogens (tertiary/aromatic N) is 1. The molecule has 0 bridgehead atoms. The third-order valence-corrected chi connectivity index (χ3v) is 4.87. The van der Waals surface area contributed by atoms with Crippen molar-refractivity contribution in [3.05, 3.63) is 54.6 Å². The van der Waals surface area contributed by atoms with Gasteiger partial charge in [-0.3, -0.25) is 9.59 Å². The van der Waals surface area contributed by atoms with Crippen LogP contribution in [0.5, 0.6) is 5.75 Å². The van der Waals surface area contributed by atoms with Gasteiger partial charge < -0.3 is 14.7 Å². The summed E-state index contributed by atoms with van der Waals surface area (Å²) < 4.78 is 5.81. The van der Waals surface area contributed by atoms with Crippen molar-refractivity contribution in [3.63, 3.8) is 0 Å². The van der Waals surface area contributed by atoms with Crippen LogP contribution in [-0.2, 0) is 9.59 Å². The van der Waals surface area contributed by atoms with Crippen molar-refractivity contribution >= 4 is 11.9 Å². The number of benzene rings is 2. The summed E-state index contributed by atoms with van der Waals surface area (Å²) in [4.78, 5) is 25.5. The summed E-state index contributed by atoms with van der Waals surface area (Å²) in [7, 11) is 0. The lowest BCUT2D eigenvalue weighted by Crippen LogP contribution is -2.49. The summed E-state index contributed by atoms with van der Waals surface area (Å²) in [6.45, 7) is 2.10. The Balaban J connectivity index is 1.69. The molecular formula is C21H23NO4. The zero-order chi connectivity index (χ0) is 18.5. The molecule has 2 aromatic carbocycles. The lowest BCUT2D eigenvalue weighted by atomic mass is 9.93. The highest BCUT2D eigenvalue weighted by molar-refractivity contribution is 5.80. The van der Waals surface area contributed by atoms with E-state index in [0.717, 1.165) is 11.1 Å². The van der Waals surface area contributed by atoms with Crippen LogP contribution in [0.1, 0.15) is 19.8 Å². The topological polar surface area (TPSA) is 66.8 Å². The first kappa shape index (κ1) is 18.0. The minimum atomic E-state index is -0.843. The molecule has 2 unspecified atom stereocenters. The molecule has 0 saturated carbocycles. The van der Waals surface area contributed by atoms with Crippen LogP contribution in [0, 0.1) is 5.92 Å². The molecule has 2 atom stereocenters. The van der Waals surface area contributed by atoms with Crippen LogP contribution >= 0.6 is 0 Å². The molecule has 0 aliphatic carbocycles. The Morgan fingerprint density at radius 2 is 1.77 bits per heavy atom. The Morgan fingerprint density at radius 3 is 2.50 bits per heavy atom. The number of rotatable bonds is 5. The molecule has 0 aromatic heterocycles. The molecule has 1 fully saturated rings. The summed E-state index contributed by atoms with van der Waals surface area (Å²) in [5, 5.41) is 9.23. The first-order chi connectivity index (χ1) is 12.6. The molecule has 1 aliphatic rings. The van der Waals surface area contributed by atoms with E-state index >= 15 is 0 Å². The number of ether oxygens (including phenoxy) is 1. The maximum atomic E-state index is 12.6. The van der Waals surface area contributed by atoms with Crippen LogP contribution in [-0.4, -0.2) is 41.1 Å². The number of para-hydroxylation sites is 1. The van der Waals surface area contributed by atoms with Crippen LogP contribution in [0.4, 0.5) is 0 Å². The van der Waals surface area contributed by atoms with Crippen molar-refractivity contribution in [1.29, 1.82) is 0 Å². The van der Waals surface area contributed by atoms with E-state index in [1.807, 2.05) is 61.5 Å². The van der Waals surface area contributed by atoms with Gasteiger partial charge in [-0.05, 0) is 31.4 Å². The normalized spacial score (nSPS) is 19.8. The van der Waals surface area contributed by atoms with Crippen LogP contribution < -0.4 is 4.74 Å². The van der Waals surface area contributed by atoms with Gasteiger partial charge in [0.15, 0.2) is 6.61 Å². The SMILES string of the molecule is CC1CCC(C(=O)O)CN1C(=O)COc1ccccc1-c1ccccc1. The fourth-order valence-electron chi connectivity index (χ4n) is 3.33. The molecule has 5 nitrogen and oxygen atoms in total. The highest BCUT2D eigenvalue weighted by Crippen LogP contribution is 2.30. The standard InChI is InChI=1S/C21H23NO4/c1-15-11-12-17(21(24)25)13-22(15)20(23)14-26-19-10-6-5-9-18(19)16-7-3-2-4-8-16/h2-10,15,17H,11-14H2,1H3,(H,24,25). The van der Waals surface area contributed by atoms with Gasteiger partial charge in [0.2, 0.25) is 0 Å². The molecule has 136 valence electrons. The van der Waals surface area contributed by atoms with Gasteiger partial charge in [-0.15, -0.1) is 0 Å². The molecule has 1 heterocycles. The average Bonchev–Trinajstić information content (AvgIpc) is 2.67. The van der Waals surface area contributed by atoms with Gasteiger partial charge in [0, 0.05) is 18.2 Å². The molecule has 1 N–H and O–H groups in total. The van der Waals surface area contributed by atoms with E-state index in [-0.39, 0.29) is 25.1 Å². The third-order valence-electron chi connectivity index (χ3n) is 4.87. The molecular weight excluding hydrogens is 330 g/mol. The minimum absolute atomic E-state index is 0.0334. The van der Waals surface area contributed by atoms with Gasteiger partial charge in [0.1, 0.15) is 5.75 Å². The number of carboxylic acid groups (broad SMARTS) is 1. The summed E-state index contributed by atoms with van der Waals surface area (Å²) in [5.41, 5.74) is 1.95. The van der Waals surface area contributed by atoms with Gasteiger partial charge in [-0.25, -0.2) is 0 Å². The van der Waals surface area contributed by atoms with E-state index in [1.165, 1.54) is 0 Å². The van der Waals surface area contributed by atoms with Gasteiger partial charge in [-0.1, -0.05) is 48.5 Å². The Morgan fingerprint density at radius 1 is 1.08 bits per heavy atom. The number of carboxylic acids is 1. The van der Waals surface area contributed by atoms with E-state index < -0.39 is 11.9 Å². The predicted octanol–water partition coefficient (Wildman–Crippen LogP) is 3.44. The van der Waals surface area contributed by atoms with Crippen LogP contribution in [0.25, 0.3) is 11.1 Å². The average molecular weight is 353 g/mol. The molecule has 1 amide bonds. The smallest absolute Gasteiger partial charge is 0.308 e. The highest BCUT2D eigenvalue weighted by Gasteiger charge is 2.32. The second kappa shape index (κ2) is 8.04. The Hall–Kier alpha value is -2.82. The number of carbonyl (C=O) groups is 2. The first-order valence-corrected chi connectivity index (χ1v) is 8.86. The fourth-order valence-corrected chi connectivity index (χ4v) is 3.33. The molecule has 0 spiro atoms. The van der Waals surface area contributed by atoms with Crippen LogP contribution in [0.15, 0.2) is 54.6 Å². The number of piperidine rings is 1. The molecule has 1 saturated heterocycles. The van der Waals surface area contributed by atoms with E-state index in [4.69, 9.17) is 4.74 Å². The van der Waals surface area contributed by atoms with Crippen molar-refractivity contribution in [1.82, 2.24) is 4.90 Å². The number of amides is 1. The molecule has 0 radical (unpaired) electrons. The second-order valence-electron chi connectivity index (χ2n) is 6.66. The molecule has 2 aromatic rings. The van der Waals surface area contributed by atoms with Gasteiger partial charge in [-0.2, -0.15) is 0 Å². The van der Waals surface area contributed by atoms with Crippen molar-refractivity contribution < 1.29 is 19.4 Å². The monoisotopic (exact) mass is 353 g/mol. The quantitative estimate of drug-likeness (QED) is 0.894. The summed E-state index contributed by atoms with van der Waals surface area (Å²) in [6, 6.07) is 17.5. The van der Waals surface area contributed by atoms with Crippen molar-refractivity contribution in [2.45, 2.75) is 25.8 Å². The van der Waals surface area contributed by atoms with Gasteiger partial charge in [0.05, 0.1) is 5.92 Å². The van der Waals surface area contributed by atoms with Gasteiger partial charge in [0.25, 0.3) is 5.91 Å². The number of likely N-dealkylation sites (tertiary alicyclic amines) is 1. The Bertz CT molecular complexity index is 775. The summed E-state index contributed by atoms with van der Waals surface area (Å²) in [5.74, 6) is -0.866. The maximum Gasteiger partial charge on any atom is 0.308 e.